The number of carbonyl (C=O) groups is 1. The van der Waals surface area contributed by atoms with E-state index in [1.54, 1.807) is 0 Å². The van der Waals surface area contributed by atoms with Crippen molar-refractivity contribution < 1.29 is 4.79 Å². The van der Waals surface area contributed by atoms with Gasteiger partial charge in [-0.1, -0.05) is 0 Å². The van der Waals surface area contributed by atoms with Gasteiger partial charge in [0.1, 0.15) is 6.04 Å². The minimum atomic E-state index is -0.147. The molecule has 1 unspecified atom stereocenters. The second-order valence-electron chi connectivity index (χ2n) is 5.25. The molecule has 0 radical (unpaired) electrons. The molecule has 0 saturated carbocycles. The summed E-state index contributed by atoms with van der Waals surface area (Å²) in [7, 11) is 1.97. The summed E-state index contributed by atoms with van der Waals surface area (Å²) in [5, 5.41) is 0. The average Bonchev–Trinajstić information content (AvgIpc) is 2.23. The van der Waals surface area contributed by atoms with Crippen LogP contribution in [0.15, 0.2) is 0 Å². The van der Waals surface area contributed by atoms with E-state index in [-0.39, 0.29) is 17.5 Å². The van der Waals surface area contributed by atoms with E-state index in [0.29, 0.717) is 6.54 Å². The van der Waals surface area contributed by atoms with Crippen LogP contribution in [0.2, 0.25) is 0 Å². The molecule has 4 nitrogen and oxygen atoms in total. The Bertz CT molecular complexity index is 234. The van der Waals surface area contributed by atoms with Crippen molar-refractivity contribution in [1.82, 2.24) is 9.80 Å². The third-order valence-electron chi connectivity index (χ3n) is 3.01. The van der Waals surface area contributed by atoms with Crippen LogP contribution in [0.3, 0.4) is 0 Å². The molecule has 1 aliphatic rings. The zero-order chi connectivity index (χ0) is 11.6. The van der Waals surface area contributed by atoms with Gasteiger partial charge in [0.05, 0.1) is 0 Å². The summed E-state index contributed by atoms with van der Waals surface area (Å²) in [5.41, 5.74) is 5.57. The van der Waals surface area contributed by atoms with Crippen molar-refractivity contribution in [3.63, 3.8) is 0 Å². The molecular formula is C11H23N3O. The van der Waals surface area contributed by atoms with E-state index in [1.807, 2.05) is 11.9 Å². The number of likely N-dealkylation sites (N-methyl/N-ethyl adjacent to an activating group) is 1. The van der Waals surface area contributed by atoms with Crippen molar-refractivity contribution in [2.75, 3.05) is 26.7 Å². The highest BCUT2D eigenvalue weighted by atomic mass is 16.2. The summed E-state index contributed by atoms with van der Waals surface area (Å²) in [6, 6.07) is -0.147. The first kappa shape index (κ1) is 12.5. The molecule has 0 aromatic rings. The molecular weight excluding hydrogens is 190 g/mol. The zero-order valence-electron chi connectivity index (χ0n) is 10.3. The Balaban J connectivity index is 2.88. The molecule has 1 aliphatic heterocycles. The second-order valence-corrected chi connectivity index (χ2v) is 5.25. The van der Waals surface area contributed by atoms with Gasteiger partial charge in [0.15, 0.2) is 0 Å². The smallest absolute Gasteiger partial charge is 0.241 e. The maximum atomic E-state index is 12.2. The monoisotopic (exact) mass is 213 g/mol. The number of nitrogens with two attached hydrogens (primary N) is 1. The first-order valence-electron chi connectivity index (χ1n) is 5.59. The van der Waals surface area contributed by atoms with Crippen LogP contribution < -0.4 is 5.73 Å². The minimum absolute atomic E-state index is 0.102. The maximum Gasteiger partial charge on any atom is 0.241 e. The van der Waals surface area contributed by atoms with Gasteiger partial charge in [0, 0.05) is 25.2 Å². The van der Waals surface area contributed by atoms with Gasteiger partial charge < -0.3 is 10.6 Å². The van der Waals surface area contributed by atoms with Crippen LogP contribution in [0.1, 0.15) is 27.2 Å². The SMILES string of the molecule is CN1CCCN(C(C)(C)C)C(=O)C1CN. The molecule has 0 bridgehead atoms. The average molecular weight is 213 g/mol. The zero-order valence-corrected chi connectivity index (χ0v) is 10.3. The van der Waals surface area contributed by atoms with Gasteiger partial charge in [-0.15, -0.1) is 0 Å². The van der Waals surface area contributed by atoms with Crippen molar-refractivity contribution in [3.8, 4) is 0 Å². The molecule has 0 aromatic carbocycles. The first-order valence-corrected chi connectivity index (χ1v) is 5.59. The Morgan fingerprint density at radius 2 is 2.00 bits per heavy atom. The molecule has 88 valence electrons. The molecule has 0 spiro atoms. The summed E-state index contributed by atoms with van der Waals surface area (Å²) in [6.07, 6.45) is 1.02. The number of hydrogen-bond acceptors (Lipinski definition) is 3. The lowest BCUT2D eigenvalue weighted by atomic mass is 10.0. The predicted octanol–water partition coefficient (Wildman–Crippen LogP) is 0.276. The van der Waals surface area contributed by atoms with Crippen LogP contribution >= 0.6 is 0 Å². The van der Waals surface area contributed by atoms with Crippen molar-refractivity contribution in [1.29, 1.82) is 0 Å². The summed E-state index contributed by atoms with van der Waals surface area (Å²) in [4.78, 5) is 16.3. The molecule has 1 heterocycles. The summed E-state index contributed by atoms with van der Waals surface area (Å²) < 4.78 is 0. The Labute approximate surface area is 92.4 Å². The molecule has 1 rings (SSSR count). The predicted molar refractivity (Wildman–Crippen MR) is 61.6 cm³/mol. The Kier molecular flexibility index (Phi) is 3.73. The third-order valence-corrected chi connectivity index (χ3v) is 3.01. The van der Waals surface area contributed by atoms with E-state index < -0.39 is 0 Å². The Morgan fingerprint density at radius 3 is 2.47 bits per heavy atom. The van der Waals surface area contributed by atoms with Crippen molar-refractivity contribution >= 4 is 5.91 Å². The minimum Gasteiger partial charge on any atom is -0.336 e. The van der Waals surface area contributed by atoms with Gasteiger partial charge in [-0.25, -0.2) is 0 Å². The van der Waals surface area contributed by atoms with E-state index >= 15 is 0 Å². The number of hydrogen-bond donors (Lipinski definition) is 1. The van der Waals surface area contributed by atoms with E-state index in [2.05, 4.69) is 25.7 Å². The lowest BCUT2D eigenvalue weighted by molar-refractivity contribution is -0.139. The molecule has 1 saturated heterocycles. The van der Waals surface area contributed by atoms with Crippen LogP contribution in [0.4, 0.5) is 0 Å². The van der Waals surface area contributed by atoms with Gasteiger partial charge in [0.25, 0.3) is 0 Å². The lowest BCUT2D eigenvalue weighted by Gasteiger charge is -2.37. The van der Waals surface area contributed by atoms with E-state index in [1.165, 1.54) is 0 Å². The second kappa shape index (κ2) is 4.49. The number of carbonyl (C=O) groups excluding carboxylic acids is 1. The van der Waals surface area contributed by atoms with Gasteiger partial charge in [-0.3, -0.25) is 9.69 Å². The van der Waals surface area contributed by atoms with E-state index in [0.717, 1.165) is 19.5 Å². The highest BCUT2D eigenvalue weighted by molar-refractivity contribution is 5.83. The van der Waals surface area contributed by atoms with Gasteiger partial charge in [-0.2, -0.15) is 0 Å². The van der Waals surface area contributed by atoms with Crippen molar-refractivity contribution in [3.05, 3.63) is 0 Å². The first-order chi connectivity index (χ1) is 6.88. The van der Waals surface area contributed by atoms with E-state index in [9.17, 15) is 4.79 Å². The molecule has 4 heteroatoms. The fourth-order valence-corrected chi connectivity index (χ4v) is 2.06. The molecule has 1 fully saturated rings. The Hall–Kier alpha value is -0.610. The van der Waals surface area contributed by atoms with Crippen molar-refractivity contribution in [2.45, 2.75) is 38.8 Å². The van der Waals surface area contributed by atoms with Gasteiger partial charge >= 0.3 is 0 Å². The molecule has 0 aromatic heterocycles. The normalized spacial score (nSPS) is 25.5. The molecule has 15 heavy (non-hydrogen) atoms. The van der Waals surface area contributed by atoms with E-state index in [4.69, 9.17) is 5.73 Å². The molecule has 2 N–H and O–H groups in total. The quantitative estimate of drug-likeness (QED) is 0.680. The van der Waals surface area contributed by atoms with Crippen LogP contribution in [0.25, 0.3) is 0 Å². The standard InChI is InChI=1S/C11H23N3O/c1-11(2,3)14-7-5-6-13(4)9(8-12)10(14)15/h9H,5-8,12H2,1-4H3. The summed E-state index contributed by atoms with van der Waals surface area (Å²) in [5.74, 6) is 0.171. The van der Waals surface area contributed by atoms with Gasteiger partial charge in [-0.05, 0) is 34.2 Å². The molecule has 0 aliphatic carbocycles. The highest BCUT2D eigenvalue weighted by Gasteiger charge is 2.34. The number of rotatable bonds is 1. The van der Waals surface area contributed by atoms with Crippen LogP contribution in [-0.4, -0.2) is 54.0 Å². The topological polar surface area (TPSA) is 49.6 Å². The maximum absolute atomic E-state index is 12.2. The summed E-state index contributed by atoms with van der Waals surface area (Å²) >= 11 is 0. The van der Waals surface area contributed by atoms with Crippen LogP contribution in [0, 0.1) is 0 Å². The number of nitrogens with zero attached hydrogens (tertiary/aromatic N) is 2. The molecule has 1 amide bonds. The van der Waals surface area contributed by atoms with Crippen molar-refractivity contribution in [2.24, 2.45) is 5.73 Å². The van der Waals surface area contributed by atoms with Crippen LogP contribution in [0.5, 0.6) is 0 Å². The molecule has 1 atom stereocenters. The largest absolute Gasteiger partial charge is 0.336 e. The fraction of sp³-hybridized carbons (Fsp3) is 0.909. The van der Waals surface area contributed by atoms with Gasteiger partial charge in [0.2, 0.25) is 5.91 Å². The number of amides is 1. The lowest BCUT2D eigenvalue weighted by Crippen LogP contribution is -2.54. The fourth-order valence-electron chi connectivity index (χ4n) is 2.06. The Morgan fingerprint density at radius 1 is 1.40 bits per heavy atom. The summed E-state index contributed by atoms with van der Waals surface area (Å²) in [6.45, 7) is 8.41. The third kappa shape index (κ3) is 2.69. The van der Waals surface area contributed by atoms with Crippen LogP contribution in [-0.2, 0) is 4.79 Å². The highest BCUT2D eigenvalue weighted by Crippen LogP contribution is 2.19.